The fourth-order valence-electron chi connectivity index (χ4n) is 3.25. The van der Waals surface area contributed by atoms with Gasteiger partial charge in [-0.3, -0.25) is 11.3 Å². The molecule has 1 saturated carbocycles. The second kappa shape index (κ2) is 7.30. The summed E-state index contributed by atoms with van der Waals surface area (Å²) in [6.07, 6.45) is 6.95. The lowest BCUT2D eigenvalue weighted by Gasteiger charge is -2.24. The molecule has 0 heterocycles. The Labute approximate surface area is 131 Å². The molecule has 3 rings (SSSR count). The van der Waals surface area contributed by atoms with Crippen LogP contribution in [-0.4, -0.2) is 11.0 Å². The van der Waals surface area contributed by atoms with Gasteiger partial charge in [-0.05, 0) is 29.2 Å². The molecule has 3 N–H and O–H groups in total. The predicted molar refractivity (Wildman–Crippen MR) is 93.3 cm³/mol. The zero-order valence-electron chi connectivity index (χ0n) is 12.4. The quantitative estimate of drug-likeness (QED) is 0.634. The van der Waals surface area contributed by atoms with Crippen LogP contribution >= 0.6 is 11.8 Å². The lowest BCUT2D eigenvalue weighted by molar-refractivity contribution is 0.514. The average Bonchev–Trinajstić information content (AvgIpc) is 2.56. The molecule has 0 saturated heterocycles. The molecule has 2 aromatic rings. The molecule has 112 valence electrons. The Hall–Kier alpha value is -1.03. The van der Waals surface area contributed by atoms with Crippen molar-refractivity contribution in [1.82, 2.24) is 5.43 Å². The van der Waals surface area contributed by atoms with Gasteiger partial charge in [-0.25, -0.2) is 0 Å². The van der Waals surface area contributed by atoms with E-state index >= 15 is 0 Å². The maximum Gasteiger partial charge on any atom is 0.0556 e. The summed E-state index contributed by atoms with van der Waals surface area (Å²) in [4.78, 5) is 0. The predicted octanol–water partition coefficient (Wildman–Crippen LogP) is 4.41. The number of benzene rings is 2. The van der Waals surface area contributed by atoms with Gasteiger partial charge in [-0.15, -0.1) is 0 Å². The van der Waals surface area contributed by atoms with Crippen LogP contribution in [0.5, 0.6) is 0 Å². The first-order valence-corrected chi connectivity index (χ1v) is 8.99. The van der Waals surface area contributed by atoms with Crippen molar-refractivity contribution in [2.24, 2.45) is 5.84 Å². The Balaban J connectivity index is 1.75. The third-order valence-corrected chi connectivity index (χ3v) is 5.92. The third kappa shape index (κ3) is 3.60. The van der Waals surface area contributed by atoms with Gasteiger partial charge < -0.3 is 0 Å². The SMILES string of the molecule is NNC(CSC1CCCCC1)c1cccc2ccccc12. The van der Waals surface area contributed by atoms with Crippen LogP contribution < -0.4 is 11.3 Å². The van der Waals surface area contributed by atoms with Crippen molar-refractivity contribution >= 4 is 22.5 Å². The van der Waals surface area contributed by atoms with Crippen LogP contribution in [0.15, 0.2) is 42.5 Å². The molecule has 2 nitrogen and oxygen atoms in total. The highest BCUT2D eigenvalue weighted by atomic mass is 32.2. The van der Waals surface area contributed by atoms with Gasteiger partial charge in [0.15, 0.2) is 0 Å². The van der Waals surface area contributed by atoms with Crippen molar-refractivity contribution in [3.8, 4) is 0 Å². The Bertz CT molecular complexity index is 573. The molecule has 1 unspecified atom stereocenters. The fraction of sp³-hybridized carbons (Fsp3) is 0.444. The van der Waals surface area contributed by atoms with Gasteiger partial charge in [0.2, 0.25) is 0 Å². The molecule has 1 atom stereocenters. The van der Waals surface area contributed by atoms with E-state index in [-0.39, 0.29) is 6.04 Å². The standard InChI is InChI=1S/C18H24N2S/c19-20-18(13-21-15-9-2-1-3-10-15)17-12-6-8-14-7-4-5-11-16(14)17/h4-8,11-12,15,18,20H,1-3,9-10,13,19H2. The monoisotopic (exact) mass is 300 g/mol. The van der Waals surface area contributed by atoms with Gasteiger partial charge in [0.1, 0.15) is 0 Å². The molecule has 0 amide bonds. The number of hydrogen-bond acceptors (Lipinski definition) is 3. The van der Waals surface area contributed by atoms with Crippen molar-refractivity contribution in [2.75, 3.05) is 5.75 Å². The van der Waals surface area contributed by atoms with Crippen LogP contribution in [0.3, 0.4) is 0 Å². The minimum atomic E-state index is 0.225. The first kappa shape index (κ1) is 14.9. The molecule has 21 heavy (non-hydrogen) atoms. The molecule has 0 aliphatic heterocycles. The van der Waals surface area contributed by atoms with Crippen molar-refractivity contribution in [1.29, 1.82) is 0 Å². The number of rotatable bonds is 5. The summed E-state index contributed by atoms with van der Waals surface area (Å²) in [7, 11) is 0. The zero-order chi connectivity index (χ0) is 14.5. The smallest absolute Gasteiger partial charge is 0.0556 e. The molecule has 2 aromatic carbocycles. The van der Waals surface area contributed by atoms with E-state index in [2.05, 4.69) is 59.7 Å². The molecule has 0 radical (unpaired) electrons. The number of thioether (sulfide) groups is 1. The summed E-state index contributed by atoms with van der Waals surface area (Å²) >= 11 is 2.09. The summed E-state index contributed by atoms with van der Waals surface area (Å²) in [5, 5.41) is 3.43. The van der Waals surface area contributed by atoms with Crippen LogP contribution in [-0.2, 0) is 0 Å². The van der Waals surface area contributed by atoms with E-state index in [9.17, 15) is 0 Å². The van der Waals surface area contributed by atoms with Gasteiger partial charge in [0.05, 0.1) is 6.04 Å². The number of hydrogen-bond donors (Lipinski definition) is 2. The van der Waals surface area contributed by atoms with Crippen LogP contribution in [0.1, 0.15) is 43.7 Å². The first-order chi connectivity index (χ1) is 10.4. The lowest BCUT2D eigenvalue weighted by atomic mass is 10.00. The maximum atomic E-state index is 5.85. The van der Waals surface area contributed by atoms with Gasteiger partial charge in [-0.2, -0.15) is 11.8 Å². The summed E-state index contributed by atoms with van der Waals surface area (Å²) in [6.45, 7) is 0. The van der Waals surface area contributed by atoms with Crippen LogP contribution in [0.2, 0.25) is 0 Å². The molecular formula is C18H24N2S. The Kier molecular flexibility index (Phi) is 5.17. The van der Waals surface area contributed by atoms with Crippen LogP contribution in [0.4, 0.5) is 0 Å². The van der Waals surface area contributed by atoms with Gasteiger partial charge in [-0.1, -0.05) is 61.7 Å². The van der Waals surface area contributed by atoms with Crippen molar-refractivity contribution in [3.63, 3.8) is 0 Å². The highest BCUT2D eigenvalue weighted by Crippen LogP contribution is 2.32. The topological polar surface area (TPSA) is 38.0 Å². The summed E-state index contributed by atoms with van der Waals surface area (Å²) < 4.78 is 0. The van der Waals surface area contributed by atoms with Crippen molar-refractivity contribution in [2.45, 2.75) is 43.4 Å². The maximum absolute atomic E-state index is 5.85. The lowest BCUT2D eigenvalue weighted by Crippen LogP contribution is -2.30. The fourth-order valence-corrected chi connectivity index (χ4v) is 4.65. The van der Waals surface area contributed by atoms with E-state index in [1.807, 2.05) is 0 Å². The number of nitrogens with one attached hydrogen (secondary N) is 1. The van der Waals surface area contributed by atoms with Crippen molar-refractivity contribution < 1.29 is 0 Å². The Morgan fingerprint density at radius 3 is 2.62 bits per heavy atom. The highest BCUT2D eigenvalue weighted by molar-refractivity contribution is 7.99. The van der Waals surface area contributed by atoms with Gasteiger partial charge in [0, 0.05) is 11.0 Å². The number of nitrogens with two attached hydrogens (primary N) is 1. The Morgan fingerprint density at radius 1 is 1.05 bits per heavy atom. The Morgan fingerprint density at radius 2 is 1.81 bits per heavy atom. The third-order valence-electron chi connectivity index (χ3n) is 4.45. The minimum absolute atomic E-state index is 0.225. The number of hydrazine groups is 1. The van der Waals surface area contributed by atoms with Gasteiger partial charge in [0.25, 0.3) is 0 Å². The summed E-state index contributed by atoms with van der Waals surface area (Å²) in [6, 6.07) is 15.3. The van der Waals surface area contributed by atoms with E-state index in [4.69, 9.17) is 5.84 Å². The second-order valence-electron chi connectivity index (χ2n) is 5.88. The van der Waals surface area contributed by atoms with Crippen molar-refractivity contribution in [3.05, 3.63) is 48.0 Å². The second-order valence-corrected chi connectivity index (χ2v) is 7.21. The first-order valence-electron chi connectivity index (χ1n) is 7.94. The minimum Gasteiger partial charge on any atom is -0.271 e. The molecule has 3 heteroatoms. The van der Waals surface area contributed by atoms with E-state index in [0.29, 0.717) is 0 Å². The zero-order valence-corrected chi connectivity index (χ0v) is 13.2. The van der Waals surface area contributed by atoms with E-state index in [0.717, 1.165) is 11.0 Å². The van der Waals surface area contributed by atoms with E-state index in [1.165, 1.54) is 48.4 Å². The molecular weight excluding hydrogens is 276 g/mol. The molecule has 1 aliphatic rings. The normalized spacial score (nSPS) is 18.0. The molecule has 1 fully saturated rings. The van der Waals surface area contributed by atoms with Crippen LogP contribution in [0, 0.1) is 0 Å². The van der Waals surface area contributed by atoms with E-state index < -0.39 is 0 Å². The molecule has 0 spiro atoms. The highest BCUT2D eigenvalue weighted by Gasteiger charge is 2.18. The molecule has 1 aliphatic carbocycles. The average molecular weight is 300 g/mol. The molecule has 0 aromatic heterocycles. The summed E-state index contributed by atoms with van der Waals surface area (Å²) in [5.74, 6) is 6.90. The van der Waals surface area contributed by atoms with Gasteiger partial charge >= 0.3 is 0 Å². The molecule has 0 bridgehead atoms. The van der Waals surface area contributed by atoms with Crippen LogP contribution in [0.25, 0.3) is 10.8 Å². The van der Waals surface area contributed by atoms with E-state index in [1.54, 1.807) is 0 Å². The summed E-state index contributed by atoms with van der Waals surface area (Å²) in [5.41, 5.74) is 4.35. The largest absolute Gasteiger partial charge is 0.271 e. The number of fused-ring (bicyclic) bond motifs is 1.